The molecule has 146 valence electrons. The Balaban J connectivity index is 1.59. The van der Waals surface area contributed by atoms with Crippen LogP contribution in [0.5, 0.6) is 5.75 Å². The molecule has 0 bridgehead atoms. The van der Waals surface area contributed by atoms with Gasteiger partial charge in [0.15, 0.2) is 0 Å². The zero-order chi connectivity index (χ0) is 20.4. The van der Waals surface area contributed by atoms with Gasteiger partial charge in [-0.2, -0.15) is 0 Å². The zero-order valence-electron chi connectivity index (χ0n) is 15.5. The van der Waals surface area contributed by atoms with Gasteiger partial charge in [-0.3, -0.25) is 9.59 Å². The van der Waals surface area contributed by atoms with E-state index in [0.29, 0.717) is 22.7 Å². The maximum absolute atomic E-state index is 13.1. The van der Waals surface area contributed by atoms with Gasteiger partial charge in [-0.15, -0.1) is 0 Å². The Kier molecular flexibility index (Phi) is 5.23. The normalized spacial score (nSPS) is 15.3. The van der Waals surface area contributed by atoms with Crippen molar-refractivity contribution in [1.29, 1.82) is 0 Å². The number of aromatic hydroxyl groups is 1. The molecule has 6 heteroatoms. The first-order valence-corrected chi connectivity index (χ1v) is 9.60. The van der Waals surface area contributed by atoms with Crippen LogP contribution in [0.4, 0.5) is 0 Å². The maximum Gasteiger partial charge on any atom is 0.255 e. The minimum absolute atomic E-state index is 0.153. The summed E-state index contributed by atoms with van der Waals surface area (Å²) in [5, 5.41) is 13.0. The van der Waals surface area contributed by atoms with Crippen molar-refractivity contribution in [2.45, 2.75) is 19.1 Å². The van der Waals surface area contributed by atoms with Crippen molar-refractivity contribution in [2.75, 3.05) is 0 Å². The first kappa shape index (κ1) is 19.0. The van der Waals surface area contributed by atoms with E-state index in [2.05, 4.69) is 5.32 Å². The Bertz CT molecular complexity index is 1070. The van der Waals surface area contributed by atoms with Gasteiger partial charge in [0.05, 0.1) is 0 Å². The number of nitrogens with one attached hydrogen (secondary N) is 1. The third-order valence-electron chi connectivity index (χ3n) is 4.95. The molecule has 1 aliphatic rings. The lowest BCUT2D eigenvalue weighted by atomic mass is 10.0. The summed E-state index contributed by atoms with van der Waals surface area (Å²) < 4.78 is 0. The van der Waals surface area contributed by atoms with Gasteiger partial charge in [0.25, 0.3) is 5.91 Å². The monoisotopic (exact) mass is 406 g/mol. The van der Waals surface area contributed by atoms with Crippen LogP contribution in [0.25, 0.3) is 0 Å². The molecule has 0 saturated carbocycles. The molecule has 0 aliphatic carbocycles. The number of carbonyl (C=O) groups excluding carboxylic acids is 2. The van der Waals surface area contributed by atoms with Crippen molar-refractivity contribution >= 4 is 23.4 Å². The van der Waals surface area contributed by atoms with Crippen molar-refractivity contribution in [3.8, 4) is 5.75 Å². The molecule has 29 heavy (non-hydrogen) atoms. The maximum atomic E-state index is 13.1. The molecule has 1 atom stereocenters. The second-order valence-corrected chi connectivity index (χ2v) is 7.37. The van der Waals surface area contributed by atoms with Crippen LogP contribution < -0.4 is 5.32 Å². The summed E-state index contributed by atoms with van der Waals surface area (Å²) in [5.74, 6) is -0.278. The van der Waals surface area contributed by atoms with Gasteiger partial charge in [0.2, 0.25) is 5.91 Å². The molecule has 2 N–H and O–H groups in total. The van der Waals surface area contributed by atoms with E-state index in [9.17, 15) is 14.7 Å². The third-order valence-corrected chi connectivity index (χ3v) is 5.19. The van der Waals surface area contributed by atoms with Crippen molar-refractivity contribution in [3.05, 3.63) is 100 Å². The SMILES string of the molecule is O=C(NCc1cccc(Cl)c1)C1c2ccccc2C(=O)N1Cc1ccc(O)cc1. The predicted molar refractivity (Wildman–Crippen MR) is 110 cm³/mol. The van der Waals surface area contributed by atoms with Crippen LogP contribution in [0.3, 0.4) is 0 Å². The molecule has 0 saturated heterocycles. The van der Waals surface area contributed by atoms with E-state index in [1.165, 1.54) is 0 Å². The number of hydrogen-bond acceptors (Lipinski definition) is 3. The highest BCUT2D eigenvalue weighted by Crippen LogP contribution is 2.35. The quantitative estimate of drug-likeness (QED) is 0.671. The number of phenols is 1. The Morgan fingerprint density at radius 1 is 1.00 bits per heavy atom. The summed E-state index contributed by atoms with van der Waals surface area (Å²) >= 11 is 6.01. The number of phenolic OH excluding ortho intramolecular Hbond substituents is 1. The van der Waals surface area contributed by atoms with Gasteiger partial charge in [0.1, 0.15) is 11.8 Å². The van der Waals surface area contributed by atoms with Gasteiger partial charge in [-0.25, -0.2) is 0 Å². The molecule has 0 fully saturated rings. The van der Waals surface area contributed by atoms with Gasteiger partial charge in [0, 0.05) is 23.7 Å². The highest BCUT2D eigenvalue weighted by Gasteiger charge is 2.40. The fourth-order valence-corrected chi connectivity index (χ4v) is 3.76. The molecule has 4 rings (SSSR count). The van der Waals surface area contributed by atoms with Crippen LogP contribution in [0.1, 0.15) is 33.1 Å². The van der Waals surface area contributed by atoms with Crippen molar-refractivity contribution in [2.24, 2.45) is 0 Å². The molecule has 3 aromatic carbocycles. The summed E-state index contributed by atoms with van der Waals surface area (Å²) in [6.07, 6.45) is 0. The first-order chi connectivity index (χ1) is 14.0. The van der Waals surface area contributed by atoms with Gasteiger partial charge in [-0.1, -0.05) is 54.1 Å². The summed E-state index contributed by atoms with van der Waals surface area (Å²) in [6, 6.07) is 20.4. The average molecular weight is 407 g/mol. The minimum Gasteiger partial charge on any atom is -0.508 e. The number of rotatable bonds is 5. The molecule has 3 aromatic rings. The minimum atomic E-state index is -0.716. The summed E-state index contributed by atoms with van der Waals surface area (Å²) in [7, 11) is 0. The zero-order valence-corrected chi connectivity index (χ0v) is 16.3. The molecule has 1 aliphatic heterocycles. The van der Waals surface area contributed by atoms with E-state index in [4.69, 9.17) is 11.6 Å². The van der Waals surface area contributed by atoms with Crippen LogP contribution in [0, 0.1) is 0 Å². The number of hydrogen-bond donors (Lipinski definition) is 2. The summed E-state index contributed by atoms with van der Waals surface area (Å²) in [4.78, 5) is 27.6. The van der Waals surface area contributed by atoms with Gasteiger partial charge >= 0.3 is 0 Å². The van der Waals surface area contributed by atoms with Crippen molar-refractivity contribution in [3.63, 3.8) is 0 Å². The largest absolute Gasteiger partial charge is 0.508 e. The number of fused-ring (bicyclic) bond motifs is 1. The smallest absolute Gasteiger partial charge is 0.255 e. The molecule has 1 heterocycles. The number of amides is 2. The van der Waals surface area contributed by atoms with Crippen LogP contribution in [-0.2, 0) is 17.9 Å². The standard InChI is InChI=1S/C23H19ClN2O3/c24-17-5-3-4-16(12-17)13-25-22(28)21-19-6-1-2-7-20(19)23(29)26(21)14-15-8-10-18(27)11-9-15/h1-12,21,27H,13-14H2,(H,25,28). The number of nitrogens with zero attached hydrogens (tertiary/aromatic N) is 1. The number of carbonyl (C=O) groups is 2. The average Bonchev–Trinajstić information content (AvgIpc) is 3.00. The molecule has 2 amide bonds. The predicted octanol–water partition coefficient (Wildman–Crippen LogP) is 4.06. The van der Waals surface area contributed by atoms with Crippen molar-refractivity contribution < 1.29 is 14.7 Å². The molecular weight excluding hydrogens is 388 g/mol. The number of halogens is 1. The highest BCUT2D eigenvalue weighted by molar-refractivity contribution is 6.30. The summed E-state index contributed by atoms with van der Waals surface area (Å²) in [5.41, 5.74) is 2.94. The van der Waals surface area contributed by atoms with Crippen LogP contribution in [0.2, 0.25) is 5.02 Å². The molecular formula is C23H19ClN2O3. The lowest BCUT2D eigenvalue weighted by Gasteiger charge is -2.25. The molecule has 0 aromatic heterocycles. The summed E-state index contributed by atoms with van der Waals surface area (Å²) in [6.45, 7) is 0.586. The molecule has 0 radical (unpaired) electrons. The number of benzene rings is 3. The third kappa shape index (κ3) is 3.96. The molecule has 0 spiro atoms. The Labute approximate surface area is 173 Å². The van der Waals surface area contributed by atoms with E-state index < -0.39 is 6.04 Å². The lowest BCUT2D eigenvalue weighted by Crippen LogP contribution is -2.38. The Hall–Kier alpha value is -3.31. The highest BCUT2D eigenvalue weighted by atomic mass is 35.5. The van der Waals surface area contributed by atoms with Crippen LogP contribution >= 0.6 is 11.6 Å². The first-order valence-electron chi connectivity index (χ1n) is 9.23. The van der Waals surface area contributed by atoms with Crippen LogP contribution in [0.15, 0.2) is 72.8 Å². The van der Waals surface area contributed by atoms with E-state index >= 15 is 0 Å². The second-order valence-electron chi connectivity index (χ2n) is 6.94. The fourth-order valence-electron chi connectivity index (χ4n) is 3.55. The lowest BCUT2D eigenvalue weighted by molar-refractivity contribution is -0.125. The van der Waals surface area contributed by atoms with E-state index in [-0.39, 0.29) is 24.1 Å². The van der Waals surface area contributed by atoms with E-state index in [1.54, 1.807) is 53.4 Å². The molecule has 5 nitrogen and oxygen atoms in total. The topological polar surface area (TPSA) is 69.6 Å². The van der Waals surface area contributed by atoms with E-state index in [0.717, 1.165) is 11.1 Å². The molecule has 1 unspecified atom stereocenters. The Morgan fingerprint density at radius 3 is 2.52 bits per heavy atom. The second kappa shape index (κ2) is 7.97. The fraction of sp³-hybridized carbons (Fsp3) is 0.130. The van der Waals surface area contributed by atoms with Crippen LogP contribution in [-0.4, -0.2) is 21.8 Å². The van der Waals surface area contributed by atoms with Gasteiger partial charge < -0.3 is 15.3 Å². The Morgan fingerprint density at radius 2 is 1.76 bits per heavy atom. The van der Waals surface area contributed by atoms with Gasteiger partial charge in [-0.05, 0) is 47.0 Å². The van der Waals surface area contributed by atoms with Crippen molar-refractivity contribution in [1.82, 2.24) is 10.2 Å². The van der Waals surface area contributed by atoms with E-state index in [1.807, 2.05) is 24.3 Å².